The minimum Gasteiger partial charge on any atom is -0.450 e. The molecule has 1 spiro atoms. The third-order valence-corrected chi connectivity index (χ3v) is 3.80. The number of ether oxygens (including phenoxy) is 2. The fraction of sp³-hybridized carbons (Fsp3) is 0.800. The standard InChI is InChI=1S/C10H12O4/c11-8-9(12)14-10-3-1-6(2-4-10)5-7(10)13-8/h6-7H,1-5H2. The first-order valence-electron chi connectivity index (χ1n) is 5.14. The van der Waals surface area contributed by atoms with Crippen molar-refractivity contribution in [1.29, 1.82) is 0 Å². The molecule has 3 aliphatic carbocycles. The van der Waals surface area contributed by atoms with Gasteiger partial charge in [0.2, 0.25) is 0 Å². The van der Waals surface area contributed by atoms with Gasteiger partial charge in [-0.1, -0.05) is 0 Å². The van der Waals surface area contributed by atoms with Crippen molar-refractivity contribution in [3.8, 4) is 0 Å². The molecule has 1 aliphatic heterocycles. The molecule has 2 bridgehead atoms. The molecule has 0 amide bonds. The van der Waals surface area contributed by atoms with Gasteiger partial charge in [0, 0.05) is 0 Å². The molecule has 4 fully saturated rings. The van der Waals surface area contributed by atoms with Gasteiger partial charge in [-0.05, 0) is 38.0 Å². The van der Waals surface area contributed by atoms with Crippen molar-refractivity contribution in [1.82, 2.24) is 0 Å². The van der Waals surface area contributed by atoms with Gasteiger partial charge in [0.1, 0.15) is 11.7 Å². The van der Waals surface area contributed by atoms with Crippen molar-refractivity contribution in [3.05, 3.63) is 0 Å². The highest BCUT2D eigenvalue weighted by molar-refractivity contribution is 6.30. The van der Waals surface area contributed by atoms with Gasteiger partial charge in [-0.3, -0.25) is 0 Å². The van der Waals surface area contributed by atoms with E-state index in [4.69, 9.17) is 9.47 Å². The van der Waals surface area contributed by atoms with Gasteiger partial charge in [0.15, 0.2) is 0 Å². The molecule has 4 nitrogen and oxygen atoms in total. The van der Waals surface area contributed by atoms with Crippen LogP contribution in [0.2, 0.25) is 0 Å². The van der Waals surface area contributed by atoms with E-state index < -0.39 is 17.5 Å². The average molecular weight is 196 g/mol. The molecule has 14 heavy (non-hydrogen) atoms. The largest absolute Gasteiger partial charge is 0.450 e. The van der Waals surface area contributed by atoms with E-state index >= 15 is 0 Å². The van der Waals surface area contributed by atoms with Crippen LogP contribution in [0.5, 0.6) is 0 Å². The van der Waals surface area contributed by atoms with Gasteiger partial charge in [-0.25, -0.2) is 9.59 Å². The first-order chi connectivity index (χ1) is 6.70. The quantitative estimate of drug-likeness (QED) is 0.424. The van der Waals surface area contributed by atoms with E-state index in [1.54, 1.807) is 0 Å². The molecule has 0 aromatic rings. The minimum absolute atomic E-state index is 0.166. The molecule has 0 aromatic heterocycles. The maximum Gasteiger partial charge on any atom is 0.418 e. The van der Waals surface area contributed by atoms with Crippen molar-refractivity contribution >= 4 is 11.9 Å². The first kappa shape index (κ1) is 8.26. The fourth-order valence-electron chi connectivity index (χ4n) is 2.97. The van der Waals surface area contributed by atoms with E-state index in [1.165, 1.54) is 0 Å². The van der Waals surface area contributed by atoms with Crippen molar-refractivity contribution < 1.29 is 19.1 Å². The first-order valence-corrected chi connectivity index (χ1v) is 5.14. The number of carbonyl (C=O) groups is 2. The van der Waals surface area contributed by atoms with Gasteiger partial charge in [0.25, 0.3) is 0 Å². The lowest BCUT2D eigenvalue weighted by Crippen LogP contribution is -2.60. The van der Waals surface area contributed by atoms with Crippen LogP contribution in [0.1, 0.15) is 32.1 Å². The molecule has 4 aliphatic rings. The summed E-state index contributed by atoms with van der Waals surface area (Å²) in [7, 11) is 0. The molecule has 0 radical (unpaired) electrons. The Morgan fingerprint density at radius 1 is 1.14 bits per heavy atom. The SMILES string of the molecule is O=C1OC2CC3CCC2(CC3)OC1=O. The molecule has 1 saturated heterocycles. The maximum atomic E-state index is 11.1. The lowest BCUT2D eigenvalue weighted by molar-refractivity contribution is -0.234. The van der Waals surface area contributed by atoms with Crippen molar-refractivity contribution in [2.75, 3.05) is 0 Å². The van der Waals surface area contributed by atoms with Gasteiger partial charge in [0.05, 0.1) is 0 Å². The van der Waals surface area contributed by atoms with Crippen LogP contribution in [-0.4, -0.2) is 23.6 Å². The van der Waals surface area contributed by atoms with Crippen LogP contribution in [0.3, 0.4) is 0 Å². The third-order valence-electron chi connectivity index (χ3n) is 3.80. The average Bonchev–Trinajstić information content (AvgIpc) is 2.19. The molecule has 76 valence electrons. The lowest BCUT2D eigenvalue weighted by Gasteiger charge is -2.51. The second-order valence-electron chi connectivity index (χ2n) is 4.53. The Morgan fingerprint density at radius 3 is 2.57 bits per heavy atom. The van der Waals surface area contributed by atoms with E-state index in [0.717, 1.165) is 32.1 Å². The summed E-state index contributed by atoms with van der Waals surface area (Å²) in [5.74, 6) is -0.957. The molecule has 1 unspecified atom stereocenters. The van der Waals surface area contributed by atoms with Crippen LogP contribution < -0.4 is 0 Å². The highest BCUT2D eigenvalue weighted by Gasteiger charge is 2.56. The Morgan fingerprint density at radius 2 is 1.86 bits per heavy atom. The van der Waals surface area contributed by atoms with Gasteiger partial charge in [-0.15, -0.1) is 0 Å². The molecule has 0 N–H and O–H groups in total. The third kappa shape index (κ3) is 0.938. The van der Waals surface area contributed by atoms with E-state index in [9.17, 15) is 9.59 Å². The van der Waals surface area contributed by atoms with Crippen LogP contribution in [-0.2, 0) is 19.1 Å². The molecule has 4 heteroatoms. The zero-order valence-electron chi connectivity index (χ0n) is 7.82. The van der Waals surface area contributed by atoms with Crippen LogP contribution in [0.4, 0.5) is 0 Å². The Labute approximate surface area is 81.6 Å². The smallest absolute Gasteiger partial charge is 0.418 e. The normalized spacial score (nSPS) is 45.4. The molecule has 0 aromatic carbocycles. The molecule has 3 saturated carbocycles. The summed E-state index contributed by atoms with van der Waals surface area (Å²) in [4.78, 5) is 22.2. The zero-order chi connectivity index (χ0) is 9.76. The highest BCUT2D eigenvalue weighted by Crippen LogP contribution is 2.49. The van der Waals surface area contributed by atoms with Crippen LogP contribution in [0.25, 0.3) is 0 Å². The molecule has 1 atom stereocenters. The number of rotatable bonds is 0. The lowest BCUT2D eigenvalue weighted by atomic mass is 9.65. The van der Waals surface area contributed by atoms with Crippen LogP contribution >= 0.6 is 0 Å². The highest BCUT2D eigenvalue weighted by atomic mass is 16.7. The predicted octanol–water partition coefficient (Wildman–Crippen LogP) is 0.788. The van der Waals surface area contributed by atoms with E-state index in [2.05, 4.69) is 0 Å². The maximum absolute atomic E-state index is 11.1. The monoisotopic (exact) mass is 196 g/mol. The summed E-state index contributed by atoms with van der Waals surface area (Å²) in [6, 6.07) is 0. The summed E-state index contributed by atoms with van der Waals surface area (Å²) in [6.07, 6.45) is 4.63. The fourth-order valence-corrected chi connectivity index (χ4v) is 2.97. The minimum atomic E-state index is -0.812. The molecular formula is C10H12O4. The van der Waals surface area contributed by atoms with Gasteiger partial charge >= 0.3 is 11.9 Å². The van der Waals surface area contributed by atoms with Crippen molar-refractivity contribution in [2.24, 2.45) is 5.92 Å². The number of esters is 2. The summed E-state index contributed by atoms with van der Waals surface area (Å²) in [5.41, 5.74) is -0.459. The predicted molar refractivity (Wildman–Crippen MR) is 45.3 cm³/mol. The Hall–Kier alpha value is -1.06. The van der Waals surface area contributed by atoms with Crippen LogP contribution in [0.15, 0.2) is 0 Å². The Kier molecular flexibility index (Phi) is 1.47. The molecular weight excluding hydrogens is 184 g/mol. The number of fused-ring (bicyclic) bond motifs is 2. The summed E-state index contributed by atoms with van der Waals surface area (Å²) >= 11 is 0. The Balaban J connectivity index is 1.93. The van der Waals surface area contributed by atoms with Gasteiger partial charge in [-0.2, -0.15) is 0 Å². The van der Waals surface area contributed by atoms with E-state index in [0.29, 0.717) is 5.92 Å². The molecule has 4 rings (SSSR count). The molecule has 1 heterocycles. The second-order valence-corrected chi connectivity index (χ2v) is 4.53. The number of hydrogen-bond donors (Lipinski definition) is 0. The topological polar surface area (TPSA) is 52.6 Å². The van der Waals surface area contributed by atoms with Gasteiger partial charge < -0.3 is 9.47 Å². The number of hydrogen-bond acceptors (Lipinski definition) is 4. The zero-order valence-corrected chi connectivity index (χ0v) is 7.82. The van der Waals surface area contributed by atoms with Crippen LogP contribution in [0, 0.1) is 5.92 Å². The summed E-state index contributed by atoms with van der Waals surface area (Å²) in [6.45, 7) is 0. The summed E-state index contributed by atoms with van der Waals surface area (Å²) in [5, 5.41) is 0. The van der Waals surface area contributed by atoms with E-state index in [1.807, 2.05) is 0 Å². The second kappa shape index (κ2) is 2.49. The van der Waals surface area contributed by atoms with Crippen molar-refractivity contribution in [3.63, 3.8) is 0 Å². The van der Waals surface area contributed by atoms with Crippen molar-refractivity contribution in [2.45, 2.75) is 43.8 Å². The van der Waals surface area contributed by atoms with E-state index in [-0.39, 0.29) is 6.10 Å². The number of carbonyl (C=O) groups excluding carboxylic acids is 2. The summed E-state index contributed by atoms with van der Waals surface area (Å²) < 4.78 is 10.4. The Bertz CT molecular complexity index is 301.